The van der Waals surface area contributed by atoms with Crippen LogP contribution in [0.1, 0.15) is 18.9 Å². The number of primary amides is 1. The lowest BCUT2D eigenvalue weighted by molar-refractivity contribution is -0.131. The summed E-state index contributed by atoms with van der Waals surface area (Å²) in [5.74, 6) is -1.30. The number of carboxylic acid groups (broad SMARTS) is 1. The number of anilines is 1. The van der Waals surface area contributed by atoms with Gasteiger partial charge >= 0.3 is 5.97 Å². The average Bonchev–Trinajstić information content (AvgIpc) is 2.81. The number of amides is 1. The SMILES string of the molecule is CC1(C(N)=O)CCN(c2cc(Br)ccc2/C=C/C(=O)O)C1. The molecule has 1 atom stereocenters. The minimum absolute atomic E-state index is 0.303. The number of aliphatic carboxylic acids is 1. The molecule has 0 aliphatic carbocycles. The second-order valence-corrected chi connectivity index (χ2v) is 6.39. The first-order valence-corrected chi connectivity index (χ1v) is 7.36. The fourth-order valence-corrected chi connectivity index (χ4v) is 2.81. The zero-order valence-corrected chi connectivity index (χ0v) is 13.3. The van der Waals surface area contributed by atoms with E-state index in [-0.39, 0.29) is 5.91 Å². The normalized spacial score (nSPS) is 21.9. The highest BCUT2D eigenvalue weighted by atomic mass is 79.9. The molecule has 1 unspecified atom stereocenters. The molecule has 21 heavy (non-hydrogen) atoms. The van der Waals surface area contributed by atoms with Gasteiger partial charge in [-0.2, -0.15) is 0 Å². The Morgan fingerprint density at radius 3 is 2.76 bits per heavy atom. The first kappa shape index (κ1) is 15.6. The van der Waals surface area contributed by atoms with Gasteiger partial charge in [0.25, 0.3) is 0 Å². The van der Waals surface area contributed by atoms with Gasteiger partial charge < -0.3 is 15.7 Å². The second-order valence-electron chi connectivity index (χ2n) is 5.47. The van der Waals surface area contributed by atoms with Crippen molar-refractivity contribution in [2.75, 3.05) is 18.0 Å². The molecule has 1 heterocycles. The van der Waals surface area contributed by atoms with E-state index in [0.29, 0.717) is 19.5 Å². The van der Waals surface area contributed by atoms with E-state index in [2.05, 4.69) is 20.8 Å². The Kier molecular flexibility index (Phi) is 4.37. The van der Waals surface area contributed by atoms with E-state index in [9.17, 15) is 9.59 Å². The Balaban J connectivity index is 2.33. The van der Waals surface area contributed by atoms with E-state index in [1.807, 2.05) is 25.1 Å². The molecular weight excluding hydrogens is 336 g/mol. The van der Waals surface area contributed by atoms with Crippen molar-refractivity contribution in [1.82, 2.24) is 0 Å². The molecule has 0 bridgehead atoms. The number of carbonyl (C=O) groups excluding carboxylic acids is 1. The van der Waals surface area contributed by atoms with Crippen molar-refractivity contribution in [3.8, 4) is 0 Å². The summed E-state index contributed by atoms with van der Waals surface area (Å²) in [4.78, 5) is 24.3. The van der Waals surface area contributed by atoms with Gasteiger partial charge in [0.15, 0.2) is 0 Å². The number of hydrogen-bond donors (Lipinski definition) is 2. The van der Waals surface area contributed by atoms with Crippen LogP contribution in [-0.4, -0.2) is 30.1 Å². The van der Waals surface area contributed by atoms with Crippen molar-refractivity contribution in [3.63, 3.8) is 0 Å². The summed E-state index contributed by atoms with van der Waals surface area (Å²) >= 11 is 3.42. The predicted octanol–water partition coefficient (Wildman–Crippen LogP) is 2.25. The van der Waals surface area contributed by atoms with Crippen LogP contribution >= 0.6 is 15.9 Å². The Labute approximate surface area is 131 Å². The van der Waals surface area contributed by atoms with Crippen LogP contribution in [0.2, 0.25) is 0 Å². The number of carboxylic acids is 1. The van der Waals surface area contributed by atoms with E-state index in [4.69, 9.17) is 10.8 Å². The molecule has 0 radical (unpaired) electrons. The number of nitrogens with zero attached hydrogens (tertiary/aromatic N) is 1. The van der Waals surface area contributed by atoms with Crippen molar-refractivity contribution in [2.45, 2.75) is 13.3 Å². The van der Waals surface area contributed by atoms with Crippen LogP contribution in [0.15, 0.2) is 28.7 Å². The first-order chi connectivity index (χ1) is 9.82. The zero-order chi connectivity index (χ0) is 15.6. The van der Waals surface area contributed by atoms with Gasteiger partial charge in [-0.25, -0.2) is 4.79 Å². The Morgan fingerprint density at radius 2 is 2.19 bits per heavy atom. The molecule has 3 N–H and O–H groups in total. The summed E-state index contributed by atoms with van der Waals surface area (Å²) in [6.45, 7) is 3.11. The van der Waals surface area contributed by atoms with Gasteiger partial charge in [0, 0.05) is 29.3 Å². The molecule has 1 aromatic rings. The molecule has 0 aromatic heterocycles. The maximum Gasteiger partial charge on any atom is 0.328 e. The quantitative estimate of drug-likeness (QED) is 0.814. The van der Waals surface area contributed by atoms with Crippen LogP contribution in [0.5, 0.6) is 0 Å². The van der Waals surface area contributed by atoms with Crippen LogP contribution < -0.4 is 10.6 Å². The van der Waals surface area contributed by atoms with E-state index in [0.717, 1.165) is 21.8 Å². The average molecular weight is 353 g/mol. The van der Waals surface area contributed by atoms with Crippen LogP contribution in [0.25, 0.3) is 6.08 Å². The molecule has 5 nitrogen and oxygen atoms in total. The van der Waals surface area contributed by atoms with E-state index >= 15 is 0 Å². The summed E-state index contributed by atoms with van der Waals surface area (Å²) in [5.41, 5.74) is 6.62. The number of nitrogens with two attached hydrogens (primary N) is 1. The molecular formula is C15H17BrN2O3. The molecule has 1 amide bonds. The zero-order valence-electron chi connectivity index (χ0n) is 11.7. The number of rotatable bonds is 4. The Hall–Kier alpha value is -1.82. The van der Waals surface area contributed by atoms with Gasteiger partial charge in [-0.15, -0.1) is 0 Å². The highest BCUT2D eigenvalue weighted by Crippen LogP contribution is 2.36. The Morgan fingerprint density at radius 1 is 1.48 bits per heavy atom. The van der Waals surface area contributed by atoms with Crippen molar-refractivity contribution >= 4 is 39.6 Å². The van der Waals surface area contributed by atoms with Gasteiger partial charge in [-0.3, -0.25) is 4.79 Å². The smallest absolute Gasteiger partial charge is 0.328 e. The fraction of sp³-hybridized carbons (Fsp3) is 0.333. The highest BCUT2D eigenvalue weighted by molar-refractivity contribution is 9.10. The number of benzene rings is 1. The summed E-state index contributed by atoms with van der Waals surface area (Å²) in [6, 6.07) is 5.63. The molecule has 1 aliphatic heterocycles. The largest absolute Gasteiger partial charge is 0.478 e. The predicted molar refractivity (Wildman–Crippen MR) is 84.9 cm³/mol. The molecule has 0 spiro atoms. The van der Waals surface area contributed by atoms with Gasteiger partial charge in [-0.1, -0.05) is 22.0 Å². The molecule has 1 aliphatic rings. The summed E-state index contributed by atoms with van der Waals surface area (Å²) in [5, 5.41) is 8.77. The number of halogens is 1. The van der Waals surface area contributed by atoms with Crippen molar-refractivity contribution < 1.29 is 14.7 Å². The molecule has 6 heteroatoms. The van der Waals surface area contributed by atoms with Gasteiger partial charge in [0.2, 0.25) is 5.91 Å². The number of carbonyl (C=O) groups is 2. The topological polar surface area (TPSA) is 83.6 Å². The van der Waals surface area contributed by atoms with Gasteiger partial charge in [0.1, 0.15) is 0 Å². The first-order valence-electron chi connectivity index (χ1n) is 6.57. The number of hydrogen-bond acceptors (Lipinski definition) is 3. The van der Waals surface area contributed by atoms with Crippen LogP contribution in [0, 0.1) is 5.41 Å². The summed E-state index contributed by atoms with van der Waals surface area (Å²) < 4.78 is 0.901. The van der Waals surface area contributed by atoms with Crippen LogP contribution in [0.3, 0.4) is 0 Å². The second kappa shape index (κ2) is 5.89. The molecule has 112 valence electrons. The standard InChI is InChI=1S/C15H17BrN2O3/c1-15(14(17)21)6-7-18(9-15)12-8-11(16)4-2-10(12)3-5-13(19)20/h2-5,8H,6-7,9H2,1H3,(H2,17,21)(H,19,20)/b5-3+. The van der Waals surface area contributed by atoms with Crippen LogP contribution in [-0.2, 0) is 9.59 Å². The monoisotopic (exact) mass is 352 g/mol. The third-order valence-electron chi connectivity index (χ3n) is 3.81. The van der Waals surface area contributed by atoms with E-state index in [1.165, 1.54) is 0 Å². The highest BCUT2D eigenvalue weighted by Gasteiger charge is 2.39. The molecule has 1 saturated heterocycles. The lowest BCUT2D eigenvalue weighted by atomic mass is 9.89. The summed E-state index contributed by atoms with van der Waals surface area (Å²) in [7, 11) is 0. The molecule has 0 saturated carbocycles. The third kappa shape index (κ3) is 3.44. The van der Waals surface area contributed by atoms with Gasteiger partial charge in [0.05, 0.1) is 5.41 Å². The van der Waals surface area contributed by atoms with Crippen molar-refractivity contribution in [1.29, 1.82) is 0 Å². The molecule has 1 aromatic carbocycles. The third-order valence-corrected chi connectivity index (χ3v) is 4.30. The van der Waals surface area contributed by atoms with Gasteiger partial charge in [-0.05, 0) is 37.1 Å². The minimum Gasteiger partial charge on any atom is -0.478 e. The van der Waals surface area contributed by atoms with Crippen molar-refractivity contribution in [3.05, 3.63) is 34.3 Å². The van der Waals surface area contributed by atoms with E-state index in [1.54, 1.807) is 6.08 Å². The summed E-state index contributed by atoms with van der Waals surface area (Å²) in [6.07, 6.45) is 3.36. The van der Waals surface area contributed by atoms with Crippen molar-refractivity contribution in [2.24, 2.45) is 11.1 Å². The fourth-order valence-electron chi connectivity index (χ4n) is 2.46. The Bertz CT molecular complexity index is 615. The van der Waals surface area contributed by atoms with E-state index < -0.39 is 11.4 Å². The lowest BCUT2D eigenvalue weighted by Crippen LogP contribution is -2.37. The maximum atomic E-state index is 11.6. The minimum atomic E-state index is -0.993. The maximum absolute atomic E-state index is 11.6. The van der Waals surface area contributed by atoms with Crippen LogP contribution in [0.4, 0.5) is 5.69 Å². The molecule has 2 rings (SSSR count). The lowest BCUT2D eigenvalue weighted by Gasteiger charge is -2.24. The molecule has 1 fully saturated rings.